The summed E-state index contributed by atoms with van der Waals surface area (Å²) in [4.78, 5) is 12.4. The van der Waals surface area contributed by atoms with Gasteiger partial charge in [0.25, 0.3) is 0 Å². The Balaban J connectivity index is 1.68. The highest BCUT2D eigenvalue weighted by atomic mass is 16.7. The normalized spacial score (nSPS) is 25.4. The summed E-state index contributed by atoms with van der Waals surface area (Å²) < 4.78 is 16.0. The number of phenols is 4. The first-order chi connectivity index (χ1) is 15.2. The Hall–Kier alpha value is -3.09. The lowest BCUT2D eigenvalue weighted by Gasteiger charge is -2.41. The number of hydrogen-bond donors (Lipinski definition) is 7. The van der Waals surface area contributed by atoms with Gasteiger partial charge in [-0.1, -0.05) is 12.1 Å². The first-order valence-corrected chi connectivity index (χ1v) is 9.69. The average molecular weight is 452 g/mol. The molecule has 0 amide bonds. The first-order valence-electron chi connectivity index (χ1n) is 9.69. The summed E-state index contributed by atoms with van der Waals surface area (Å²) in [7, 11) is 0. The van der Waals surface area contributed by atoms with Gasteiger partial charge in [-0.3, -0.25) is 0 Å². The fraction of sp³-hybridized carbons (Fsp3) is 0.381. The van der Waals surface area contributed by atoms with E-state index in [-0.39, 0.29) is 17.9 Å². The average Bonchev–Trinajstić information content (AvgIpc) is 2.77. The van der Waals surface area contributed by atoms with Gasteiger partial charge < -0.3 is 50.0 Å². The highest BCUT2D eigenvalue weighted by Crippen LogP contribution is 2.36. The van der Waals surface area contributed by atoms with Gasteiger partial charge in [0.1, 0.15) is 24.1 Å². The summed E-state index contributed by atoms with van der Waals surface area (Å²) in [5, 5.41) is 68.2. The van der Waals surface area contributed by atoms with Crippen molar-refractivity contribution in [3.63, 3.8) is 0 Å². The number of phenolic OH excluding ortho intramolecular Hbond substituents is 4. The van der Waals surface area contributed by atoms with Gasteiger partial charge in [0.15, 0.2) is 29.6 Å². The number of aliphatic hydroxyl groups is 3. The van der Waals surface area contributed by atoms with Crippen molar-refractivity contribution in [1.29, 1.82) is 0 Å². The van der Waals surface area contributed by atoms with Crippen LogP contribution >= 0.6 is 0 Å². The zero-order chi connectivity index (χ0) is 23.4. The Labute approximate surface area is 182 Å². The van der Waals surface area contributed by atoms with Gasteiger partial charge in [-0.2, -0.15) is 0 Å². The van der Waals surface area contributed by atoms with Crippen LogP contribution in [0.1, 0.15) is 15.9 Å². The lowest BCUT2D eigenvalue weighted by molar-refractivity contribution is -0.300. The molecule has 1 fully saturated rings. The topological polar surface area (TPSA) is 186 Å². The molecule has 1 saturated heterocycles. The molecule has 0 spiro atoms. The van der Waals surface area contributed by atoms with Crippen LogP contribution in [0.2, 0.25) is 0 Å². The molecule has 5 atom stereocenters. The summed E-state index contributed by atoms with van der Waals surface area (Å²) in [6.07, 6.45) is -6.96. The molecular weight excluding hydrogens is 428 g/mol. The van der Waals surface area contributed by atoms with Crippen molar-refractivity contribution in [2.75, 3.05) is 13.2 Å². The molecule has 11 heteroatoms. The number of carbonyl (C=O) groups excluding carboxylic acids is 1. The van der Waals surface area contributed by atoms with Gasteiger partial charge in [0, 0.05) is 0 Å². The van der Waals surface area contributed by atoms with Crippen LogP contribution in [0, 0.1) is 0 Å². The molecule has 3 rings (SSSR count). The van der Waals surface area contributed by atoms with Crippen molar-refractivity contribution in [3.8, 4) is 23.0 Å². The summed E-state index contributed by atoms with van der Waals surface area (Å²) in [5.41, 5.74) is 0.482. The van der Waals surface area contributed by atoms with E-state index in [2.05, 4.69) is 0 Å². The third-order valence-corrected chi connectivity index (χ3v) is 4.98. The number of hydrogen-bond acceptors (Lipinski definition) is 11. The second-order valence-electron chi connectivity index (χ2n) is 7.23. The Morgan fingerprint density at radius 1 is 0.969 bits per heavy atom. The zero-order valence-electron chi connectivity index (χ0n) is 16.7. The fourth-order valence-electron chi connectivity index (χ4n) is 3.20. The molecule has 0 bridgehead atoms. The molecule has 0 radical (unpaired) electrons. The summed E-state index contributed by atoms with van der Waals surface area (Å²) in [5.74, 6) is -3.38. The maximum Gasteiger partial charge on any atom is 0.338 e. The molecule has 32 heavy (non-hydrogen) atoms. The van der Waals surface area contributed by atoms with E-state index in [9.17, 15) is 40.5 Å². The van der Waals surface area contributed by atoms with Crippen molar-refractivity contribution in [1.82, 2.24) is 0 Å². The molecular formula is C21H24O11. The molecule has 0 unspecified atom stereocenters. The number of aliphatic hydroxyl groups excluding tert-OH is 3. The van der Waals surface area contributed by atoms with Gasteiger partial charge in [0.2, 0.25) is 0 Å². The van der Waals surface area contributed by atoms with Crippen LogP contribution in [-0.4, -0.2) is 85.6 Å². The molecule has 0 aromatic heterocycles. The Bertz CT molecular complexity index is 907. The van der Waals surface area contributed by atoms with Crippen LogP contribution in [0.4, 0.5) is 0 Å². The number of ether oxygens (including phenoxy) is 3. The van der Waals surface area contributed by atoms with E-state index in [1.54, 1.807) is 12.1 Å². The minimum atomic E-state index is -1.63. The molecule has 0 saturated carbocycles. The SMILES string of the molecule is O=C(O[C@H]1[C@H](O)[C@@H](OCCc2ccc(O)cc2)O[C@@H](CO)[C@@H]1O)c1cc(O)c(O)c(O)c1. The fourth-order valence-corrected chi connectivity index (χ4v) is 3.20. The maximum absolute atomic E-state index is 12.4. The molecule has 2 aromatic rings. The summed E-state index contributed by atoms with van der Waals surface area (Å²) in [6, 6.07) is 8.06. The van der Waals surface area contributed by atoms with Crippen molar-refractivity contribution < 1.29 is 54.8 Å². The third-order valence-electron chi connectivity index (χ3n) is 4.98. The molecule has 174 valence electrons. The number of rotatable bonds is 7. The quantitative estimate of drug-likeness (QED) is 0.217. The van der Waals surface area contributed by atoms with E-state index in [1.165, 1.54) is 12.1 Å². The Morgan fingerprint density at radius 3 is 2.19 bits per heavy atom. The second kappa shape index (κ2) is 10.0. The minimum absolute atomic E-state index is 0.0706. The zero-order valence-corrected chi connectivity index (χ0v) is 16.7. The number of carbonyl (C=O) groups is 1. The minimum Gasteiger partial charge on any atom is -0.508 e. The number of esters is 1. The van der Waals surface area contributed by atoms with Crippen molar-refractivity contribution in [3.05, 3.63) is 47.5 Å². The third kappa shape index (κ3) is 5.21. The second-order valence-corrected chi connectivity index (χ2v) is 7.23. The van der Waals surface area contributed by atoms with Crippen LogP contribution in [0.15, 0.2) is 36.4 Å². The Morgan fingerprint density at radius 2 is 1.59 bits per heavy atom. The largest absolute Gasteiger partial charge is 0.508 e. The summed E-state index contributed by atoms with van der Waals surface area (Å²) in [6.45, 7) is -0.582. The number of aromatic hydroxyl groups is 4. The number of benzene rings is 2. The first kappa shape index (κ1) is 23.6. The molecule has 7 N–H and O–H groups in total. The van der Waals surface area contributed by atoms with Crippen LogP contribution in [0.3, 0.4) is 0 Å². The van der Waals surface area contributed by atoms with Gasteiger partial charge in [0.05, 0.1) is 18.8 Å². The lowest BCUT2D eigenvalue weighted by atomic mass is 9.99. The maximum atomic E-state index is 12.4. The Kier molecular flexibility index (Phi) is 7.38. The van der Waals surface area contributed by atoms with Gasteiger partial charge in [-0.15, -0.1) is 0 Å². The van der Waals surface area contributed by atoms with Crippen molar-refractivity contribution >= 4 is 5.97 Å². The molecule has 2 aromatic carbocycles. The van der Waals surface area contributed by atoms with E-state index in [0.717, 1.165) is 17.7 Å². The van der Waals surface area contributed by atoms with Gasteiger partial charge >= 0.3 is 5.97 Å². The monoisotopic (exact) mass is 452 g/mol. The highest BCUT2D eigenvalue weighted by Gasteiger charge is 2.47. The predicted octanol–water partition coefficient (Wildman–Crippen LogP) is -0.267. The van der Waals surface area contributed by atoms with E-state index >= 15 is 0 Å². The van der Waals surface area contributed by atoms with Crippen molar-refractivity contribution in [2.24, 2.45) is 0 Å². The van der Waals surface area contributed by atoms with Gasteiger partial charge in [-0.05, 0) is 36.2 Å². The molecule has 11 nitrogen and oxygen atoms in total. The van der Waals surface area contributed by atoms with Crippen LogP contribution < -0.4 is 0 Å². The van der Waals surface area contributed by atoms with E-state index in [4.69, 9.17) is 14.2 Å². The smallest absolute Gasteiger partial charge is 0.338 e. The standard InChI is InChI=1S/C21H24O11/c22-9-15-17(27)19(32-20(29)11-7-13(24)16(26)14(25)8-11)18(28)21(31-15)30-6-5-10-1-3-12(23)4-2-10/h1-4,7-8,15,17-19,21-28H,5-6,9H2/t15-,17-,18-,19+,21-/m0/s1. The molecule has 1 aliphatic rings. The van der Waals surface area contributed by atoms with Gasteiger partial charge in [-0.25, -0.2) is 4.79 Å². The van der Waals surface area contributed by atoms with Crippen molar-refractivity contribution in [2.45, 2.75) is 37.1 Å². The lowest BCUT2D eigenvalue weighted by Crippen LogP contribution is -2.60. The molecule has 1 aliphatic heterocycles. The van der Waals surface area contributed by atoms with E-state index in [1.807, 2.05) is 0 Å². The highest BCUT2D eigenvalue weighted by molar-refractivity contribution is 5.91. The molecule has 1 heterocycles. The van der Waals surface area contributed by atoms with Crippen LogP contribution in [-0.2, 0) is 20.6 Å². The van der Waals surface area contributed by atoms with Crippen LogP contribution in [0.5, 0.6) is 23.0 Å². The molecule has 0 aliphatic carbocycles. The summed E-state index contributed by atoms with van der Waals surface area (Å²) >= 11 is 0. The van der Waals surface area contributed by atoms with E-state index in [0.29, 0.717) is 6.42 Å². The van der Waals surface area contributed by atoms with E-state index < -0.39 is 60.5 Å². The predicted molar refractivity (Wildman–Crippen MR) is 106 cm³/mol. The van der Waals surface area contributed by atoms with Crippen LogP contribution in [0.25, 0.3) is 0 Å².